The summed E-state index contributed by atoms with van der Waals surface area (Å²) in [5.74, 6) is 2.25. The molecule has 0 amide bonds. The van der Waals surface area contributed by atoms with Crippen LogP contribution < -0.4 is 14.8 Å². The van der Waals surface area contributed by atoms with Gasteiger partial charge in [-0.15, -0.1) is 12.4 Å². The first-order valence-corrected chi connectivity index (χ1v) is 7.31. The monoisotopic (exact) mass is 319 g/mol. The zero-order valence-electron chi connectivity index (χ0n) is 12.9. The Bertz CT molecular complexity index is 603. The summed E-state index contributed by atoms with van der Waals surface area (Å²) in [4.78, 5) is 0. The van der Waals surface area contributed by atoms with Crippen LogP contribution in [0, 0.1) is 0 Å². The van der Waals surface area contributed by atoms with Gasteiger partial charge in [-0.2, -0.15) is 0 Å². The molecule has 22 heavy (non-hydrogen) atoms. The van der Waals surface area contributed by atoms with Gasteiger partial charge in [0.05, 0.1) is 14.2 Å². The molecule has 118 valence electrons. The molecular formula is C18H22ClNO2. The largest absolute Gasteiger partial charge is 0.493 e. The van der Waals surface area contributed by atoms with E-state index in [1.807, 2.05) is 12.1 Å². The summed E-state index contributed by atoms with van der Waals surface area (Å²) in [6.07, 6.45) is 1.20. The van der Waals surface area contributed by atoms with Crippen LogP contribution in [0.15, 0.2) is 48.5 Å². The maximum Gasteiger partial charge on any atom is 0.165 e. The van der Waals surface area contributed by atoms with Gasteiger partial charge in [0.25, 0.3) is 0 Å². The van der Waals surface area contributed by atoms with E-state index in [9.17, 15) is 0 Å². The Kier molecular flexibility index (Phi) is 5.69. The first kappa shape index (κ1) is 16.7. The van der Waals surface area contributed by atoms with E-state index >= 15 is 0 Å². The summed E-state index contributed by atoms with van der Waals surface area (Å²) < 4.78 is 10.8. The second-order valence-electron chi connectivity index (χ2n) is 5.39. The lowest BCUT2D eigenvalue weighted by molar-refractivity contribution is 0.350. The molecule has 2 aromatic carbocycles. The van der Waals surface area contributed by atoms with Crippen molar-refractivity contribution in [1.82, 2.24) is 5.32 Å². The van der Waals surface area contributed by atoms with Crippen LogP contribution in [0.2, 0.25) is 0 Å². The van der Waals surface area contributed by atoms with Crippen LogP contribution in [0.1, 0.15) is 23.5 Å². The molecule has 0 radical (unpaired) electrons. The number of ether oxygens (including phenoxy) is 2. The first-order valence-electron chi connectivity index (χ1n) is 7.31. The SMILES string of the molecule is COc1cccc(CN[C@@H]2C[C@H]2c2ccccc2)c1OC.Cl. The number of methoxy groups -OCH3 is 2. The molecule has 2 aromatic rings. The van der Waals surface area contributed by atoms with Crippen molar-refractivity contribution in [3.63, 3.8) is 0 Å². The van der Waals surface area contributed by atoms with Gasteiger partial charge in [0.1, 0.15) is 0 Å². The van der Waals surface area contributed by atoms with E-state index in [4.69, 9.17) is 9.47 Å². The van der Waals surface area contributed by atoms with Gasteiger partial charge in [0, 0.05) is 24.1 Å². The molecule has 1 aliphatic carbocycles. The van der Waals surface area contributed by atoms with Gasteiger partial charge in [-0.05, 0) is 18.1 Å². The van der Waals surface area contributed by atoms with Gasteiger partial charge in [-0.25, -0.2) is 0 Å². The van der Waals surface area contributed by atoms with Crippen LogP contribution in [-0.4, -0.2) is 20.3 Å². The lowest BCUT2D eigenvalue weighted by Gasteiger charge is -2.13. The fourth-order valence-corrected chi connectivity index (χ4v) is 2.82. The molecule has 0 saturated heterocycles. The van der Waals surface area contributed by atoms with Gasteiger partial charge in [-0.1, -0.05) is 42.5 Å². The second kappa shape index (κ2) is 7.52. The third-order valence-corrected chi connectivity index (χ3v) is 4.06. The van der Waals surface area contributed by atoms with Crippen molar-refractivity contribution in [3.8, 4) is 11.5 Å². The topological polar surface area (TPSA) is 30.5 Å². The molecule has 3 nitrogen and oxygen atoms in total. The molecule has 0 spiro atoms. The lowest BCUT2D eigenvalue weighted by Crippen LogP contribution is -2.17. The van der Waals surface area contributed by atoms with Crippen molar-refractivity contribution in [2.75, 3.05) is 14.2 Å². The highest BCUT2D eigenvalue weighted by molar-refractivity contribution is 5.85. The van der Waals surface area contributed by atoms with E-state index in [2.05, 4.69) is 41.7 Å². The Balaban J connectivity index is 0.00000176. The van der Waals surface area contributed by atoms with E-state index < -0.39 is 0 Å². The first-order chi connectivity index (χ1) is 10.3. The smallest absolute Gasteiger partial charge is 0.165 e. The zero-order chi connectivity index (χ0) is 14.7. The van der Waals surface area contributed by atoms with Gasteiger partial charge in [0.2, 0.25) is 0 Å². The van der Waals surface area contributed by atoms with Crippen LogP contribution in [0.3, 0.4) is 0 Å². The molecule has 1 fully saturated rings. The molecule has 3 rings (SSSR count). The van der Waals surface area contributed by atoms with Gasteiger partial charge in [0.15, 0.2) is 11.5 Å². The van der Waals surface area contributed by atoms with Gasteiger partial charge in [-0.3, -0.25) is 0 Å². The third-order valence-electron chi connectivity index (χ3n) is 4.06. The Morgan fingerprint density at radius 3 is 2.45 bits per heavy atom. The number of para-hydroxylation sites is 1. The maximum absolute atomic E-state index is 5.47. The summed E-state index contributed by atoms with van der Waals surface area (Å²) in [6, 6.07) is 17.3. The highest BCUT2D eigenvalue weighted by Gasteiger charge is 2.37. The predicted molar refractivity (Wildman–Crippen MR) is 91.2 cm³/mol. The fourth-order valence-electron chi connectivity index (χ4n) is 2.82. The molecule has 1 N–H and O–H groups in total. The number of rotatable bonds is 6. The molecule has 1 saturated carbocycles. The van der Waals surface area contributed by atoms with Crippen LogP contribution in [-0.2, 0) is 6.54 Å². The van der Waals surface area contributed by atoms with Gasteiger partial charge >= 0.3 is 0 Å². The second-order valence-corrected chi connectivity index (χ2v) is 5.39. The molecular weight excluding hydrogens is 298 g/mol. The number of benzene rings is 2. The standard InChI is InChI=1S/C18H21NO2.ClH/c1-20-17-10-6-9-14(18(17)21-2)12-19-16-11-15(16)13-7-4-3-5-8-13;/h3-10,15-16,19H,11-12H2,1-2H3;1H/t15-,16+;/m0./s1. The van der Waals surface area contributed by atoms with E-state index in [-0.39, 0.29) is 12.4 Å². The molecule has 0 aliphatic heterocycles. The number of halogens is 1. The van der Waals surface area contributed by atoms with Crippen molar-refractivity contribution in [2.45, 2.75) is 24.9 Å². The van der Waals surface area contributed by atoms with E-state index in [1.165, 1.54) is 12.0 Å². The normalized spacial score (nSPS) is 19.2. The fraction of sp³-hybridized carbons (Fsp3) is 0.333. The number of hydrogen-bond donors (Lipinski definition) is 1. The van der Waals surface area contributed by atoms with Crippen LogP contribution in [0.5, 0.6) is 11.5 Å². The van der Waals surface area contributed by atoms with Crippen LogP contribution in [0.25, 0.3) is 0 Å². The van der Waals surface area contributed by atoms with Crippen molar-refractivity contribution in [1.29, 1.82) is 0 Å². The minimum absolute atomic E-state index is 0. The molecule has 0 bridgehead atoms. The molecule has 1 aliphatic rings. The van der Waals surface area contributed by atoms with Crippen molar-refractivity contribution >= 4 is 12.4 Å². The molecule has 0 aromatic heterocycles. The molecule has 0 unspecified atom stereocenters. The Morgan fingerprint density at radius 2 is 1.77 bits per heavy atom. The van der Waals surface area contributed by atoms with Crippen LogP contribution >= 0.6 is 12.4 Å². The van der Waals surface area contributed by atoms with E-state index in [1.54, 1.807) is 14.2 Å². The Labute approximate surface area is 138 Å². The van der Waals surface area contributed by atoms with Gasteiger partial charge < -0.3 is 14.8 Å². The summed E-state index contributed by atoms with van der Waals surface area (Å²) in [7, 11) is 3.35. The van der Waals surface area contributed by atoms with Crippen molar-refractivity contribution in [3.05, 3.63) is 59.7 Å². The van der Waals surface area contributed by atoms with Crippen molar-refractivity contribution < 1.29 is 9.47 Å². The quantitative estimate of drug-likeness (QED) is 0.879. The summed E-state index contributed by atoms with van der Waals surface area (Å²) in [5, 5.41) is 3.61. The lowest BCUT2D eigenvalue weighted by atomic mass is 10.1. The highest BCUT2D eigenvalue weighted by atomic mass is 35.5. The highest BCUT2D eigenvalue weighted by Crippen LogP contribution is 2.41. The average molecular weight is 320 g/mol. The Hall–Kier alpha value is -1.71. The minimum Gasteiger partial charge on any atom is -0.493 e. The zero-order valence-corrected chi connectivity index (χ0v) is 13.7. The van der Waals surface area contributed by atoms with Crippen molar-refractivity contribution in [2.24, 2.45) is 0 Å². The van der Waals surface area contributed by atoms with E-state index in [0.29, 0.717) is 12.0 Å². The predicted octanol–water partition coefficient (Wildman–Crippen LogP) is 3.77. The molecule has 2 atom stereocenters. The summed E-state index contributed by atoms with van der Waals surface area (Å²) in [6.45, 7) is 0.800. The third kappa shape index (κ3) is 3.54. The number of hydrogen-bond acceptors (Lipinski definition) is 3. The maximum atomic E-state index is 5.47. The molecule has 4 heteroatoms. The minimum atomic E-state index is 0. The summed E-state index contributed by atoms with van der Waals surface area (Å²) in [5.41, 5.74) is 2.56. The average Bonchev–Trinajstić information content (AvgIpc) is 3.33. The molecule has 0 heterocycles. The number of nitrogens with one attached hydrogen (secondary N) is 1. The summed E-state index contributed by atoms with van der Waals surface area (Å²) >= 11 is 0. The Morgan fingerprint density at radius 1 is 1.00 bits per heavy atom. The van der Waals surface area contributed by atoms with E-state index in [0.717, 1.165) is 23.6 Å². The van der Waals surface area contributed by atoms with Crippen LogP contribution in [0.4, 0.5) is 0 Å².